The fraction of sp³-hybridized carbons (Fsp3) is 0.500. The van der Waals surface area contributed by atoms with Crippen LogP contribution in [0.3, 0.4) is 0 Å². The zero-order valence-electron chi connectivity index (χ0n) is 11.8. The number of ether oxygens (including phenoxy) is 1. The second-order valence-electron chi connectivity index (χ2n) is 4.53. The minimum Gasteiger partial charge on any atom is -0.466 e. The van der Waals surface area contributed by atoms with Crippen molar-refractivity contribution in [3.63, 3.8) is 0 Å². The Hall–Kier alpha value is -1.95. The molecule has 0 spiro atoms. The van der Waals surface area contributed by atoms with E-state index < -0.39 is 4.92 Å². The average Bonchev–Trinajstić information content (AvgIpc) is 2.44. The van der Waals surface area contributed by atoms with E-state index >= 15 is 0 Å². The minimum absolute atomic E-state index is 0.0950. The molecule has 1 aromatic rings. The normalized spacial score (nSPS) is 11.9. The summed E-state index contributed by atoms with van der Waals surface area (Å²) in [5, 5.41) is 13.7. The van der Waals surface area contributed by atoms with E-state index in [1.165, 1.54) is 12.1 Å². The Kier molecular flexibility index (Phi) is 6.66. The van der Waals surface area contributed by atoms with Gasteiger partial charge in [0.25, 0.3) is 5.69 Å². The molecule has 0 saturated carbocycles. The van der Waals surface area contributed by atoms with Crippen LogP contribution in [0.2, 0.25) is 0 Å². The molecule has 1 rings (SSSR count). The van der Waals surface area contributed by atoms with Crippen LogP contribution in [0.25, 0.3) is 0 Å². The highest BCUT2D eigenvalue weighted by molar-refractivity contribution is 5.72. The third kappa shape index (κ3) is 5.36. The molecule has 0 aliphatic heterocycles. The van der Waals surface area contributed by atoms with Crippen LogP contribution >= 0.6 is 0 Å². The van der Waals surface area contributed by atoms with Gasteiger partial charge in [0.1, 0.15) is 0 Å². The van der Waals surface area contributed by atoms with Crippen LogP contribution in [0.1, 0.15) is 19.4 Å². The topological polar surface area (TPSA) is 81.5 Å². The second kappa shape index (κ2) is 8.27. The Morgan fingerprint density at radius 1 is 1.40 bits per heavy atom. The molecule has 1 atom stereocenters. The van der Waals surface area contributed by atoms with Crippen molar-refractivity contribution in [1.82, 2.24) is 5.32 Å². The first-order chi connectivity index (χ1) is 9.54. The minimum atomic E-state index is -0.414. The quantitative estimate of drug-likeness (QED) is 0.340. The van der Waals surface area contributed by atoms with Crippen molar-refractivity contribution < 1.29 is 14.5 Å². The summed E-state index contributed by atoms with van der Waals surface area (Å²) in [6, 6.07) is 6.48. The maximum Gasteiger partial charge on any atom is 0.309 e. The molecule has 0 heterocycles. The van der Waals surface area contributed by atoms with E-state index in [4.69, 9.17) is 4.74 Å². The number of nitro benzene ring substituents is 1. The van der Waals surface area contributed by atoms with Crippen molar-refractivity contribution in [3.05, 3.63) is 39.9 Å². The number of nitrogens with zero attached hydrogens (tertiary/aromatic N) is 1. The lowest BCUT2D eigenvalue weighted by molar-refractivity contribution is -0.384. The van der Waals surface area contributed by atoms with Gasteiger partial charge in [-0.2, -0.15) is 0 Å². The predicted molar refractivity (Wildman–Crippen MR) is 75.5 cm³/mol. The summed E-state index contributed by atoms with van der Waals surface area (Å²) in [4.78, 5) is 21.5. The maximum absolute atomic E-state index is 11.4. The number of nitro groups is 1. The van der Waals surface area contributed by atoms with E-state index in [2.05, 4.69) is 5.32 Å². The number of carbonyl (C=O) groups is 1. The van der Waals surface area contributed by atoms with Crippen molar-refractivity contribution in [2.24, 2.45) is 5.92 Å². The molecule has 1 unspecified atom stereocenters. The zero-order valence-corrected chi connectivity index (χ0v) is 11.8. The van der Waals surface area contributed by atoms with Gasteiger partial charge in [-0.1, -0.05) is 19.1 Å². The number of hydrogen-bond acceptors (Lipinski definition) is 5. The Labute approximate surface area is 118 Å². The lowest BCUT2D eigenvalue weighted by Gasteiger charge is -2.11. The summed E-state index contributed by atoms with van der Waals surface area (Å²) < 4.78 is 4.91. The molecule has 0 radical (unpaired) electrons. The first-order valence-corrected chi connectivity index (χ1v) is 6.65. The zero-order chi connectivity index (χ0) is 15.0. The Morgan fingerprint density at radius 3 is 2.60 bits per heavy atom. The molecule has 0 aliphatic rings. The van der Waals surface area contributed by atoms with Gasteiger partial charge < -0.3 is 10.1 Å². The van der Waals surface area contributed by atoms with Crippen LogP contribution in [0.5, 0.6) is 0 Å². The fourth-order valence-electron chi connectivity index (χ4n) is 1.70. The van der Waals surface area contributed by atoms with E-state index in [-0.39, 0.29) is 17.6 Å². The monoisotopic (exact) mass is 280 g/mol. The first kappa shape index (κ1) is 16.1. The van der Waals surface area contributed by atoms with Crippen molar-refractivity contribution >= 4 is 11.7 Å². The molecule has 1 N–H and O–H groups in total. The molecule has 0 fully saturated rings. The van der Waals surface area contributed by atoms with Gasteiger partial charge in [-0.05, 0) is 25.5 Å². The number of hydrogen-bond donors (Lipinski definition) is 1. The van der Waals surface area contributed by atoms with E-state index in [1.54, 1.807) is 19.1 Å². The van der Waals surface area contributed by atoms with Crippen LogP contribution in [0, 0.1) is 16.0 Å². The van der Waals surface area contributed by atoms with Gasteiger partial charge in [0, 0.05) is 18.7 Å². The van der Waals surface area contributed by atoms with Crippen molar-refractivity contribution in [2.45, 2.75) is 20.3 Å². The van der Waals surface area contributed by atoms with Gasteiger partial charge in [-0.3, -0.25) is 14.9 Å². The van der Waals surface area contributed by atoms with Crippen LogP contribution in [-0.2, 0) is 16.0 Å². The summed E-state index contributed by atoms with van der Waals surface area (Å²) in [5.41, 5.74) is 1.12. The third-order valence-corrected chi connectivity index (χ3v) is 2.88. The highest BCUT2D eigenvalue weighted by Crippen LogP contribution is 2.11. The molecular weight excluding hydrogens is 260 g/mol. The summed E-state index contributed by atoms with van der Waals surface area (Å²) >= 11 is 0. The molecule has 110 valence electrons. The van der Waals surface area contributed by atoms with Gasteiger partial charge in [0.15, 0.2) is 0 Å². The lowest BCUT2D eigenvalue weighted by Crippen LogP contribution is -2.29. The van der Waals surface area contributed by atoms with E-state index in [9.17, 15) is 14.9 Å². The van der Waals surface area contributed by atoms with Crippen molar-refractivity contribution in [1.29, 1.82) is 0 Å². The first-order valence-electron chi connectivity index (χ1n) is 6.65. The second-order valence-corrected chi connectivity index (χ2v) is 4.53. The lowest BCUT2D eigenvalue weighted by atomic mass is 10.1. The predicted octanol–water partition coefficient (Wildman–Crippen LogP) is 1.93. The SMILES string of the molecule is CCOC(=O)C(C)CNCCc1ccc([N+](=O)[O-])cc1. The number of nitrogens with one attached hydrogen (secondary N) is 1. The Bertz CT molecular complexity index is 445. The number of rotatable bonds is 8. The van der Waals surface area contributed by atoms with E-state index in [0.717, 1.165) is 12.0 Å². The van der Waals surface area contributed by atoms with Crippen LogP contribution in [0.15, 0.2) is 24.3 Å². The Balaban J connectivity index is 2.27. The third-order valence-electron chi connectivity index (χ3n) is 2.88. The molecule has 0 aromatic heterocycles. The summed E-state index contributed by atoms with van der Waals surface area (Å²) in [6.07, 6.45) is 0.757. The largest absolute Gasteiger partial charge is 0.466 e. The molecule has 0 aliphatic carbocycles. The highest BCUT2D eigenvalue weighted by Gasteiger charge is 2.12. The molecule has 0 saturated heterocycles. The summed E-state index contributed by atoms with van der Waals surface area (Å²) in [6.45, 7) is 5.27. The molecule has 20 heavy (non-hydrogen) atoms. The smallest absolute Gasteiger partial charge is 0.309 e. The molecular formula is C14H20N2O4. The van der Waals surface area contributed by atoms with Crippen LogP contribution in [-0.4, -0.2) is 30.6 Å². The maximum atomic E-state index is 11.4. The van der Waals surface area contributed by atoms with E-state index in [0.29, 0.717) is 19.7 Å². The van der Waals surface area contributed by atoms with Gasteiger partial charge in [0.2, 0.25) is 0 Å². The molecule has 0 amide bonds. The number of benzene rings is 1. The molecule has 1 aromatic carbocycles. The van der Waals surface area contributed by atoms with Crippen LogP contribution in [0.4, 0.5) is 5.69 Å². The van der Waals surface area contributed by atoms with Gasteiger partial charge in [-0.15, -0.1) is 0 Å². The fourth-order valence-corrected chi connectivity index (χ4v) is 1.70. The van der Waals surface area contributed by atoms with Crippen molar-refractivity contribution in [2.75, 3.05) is 19.7 Å². The number of non-ortho nitro benzene ring substituents is 1. The summed E-state index contributed by atoms with van der Waals surface area (Å²) in [7, 11) is 0. The summed E-state index contributed by atoms with van der Waals surface area (Å²) in [5.74, 6) is -0.373. The molecule has 6 heteroatoms. The molecule has 0 bridgehead atoms. The average molecular weight is 280 g/mol. The van der Waals surface area contributed by atoms with Crippen molar-refractivity contribution in [3.8, 4) is 0 Å². The standard InChI is InChI=1S/C14H20N2O4/c1-3-20-14(17)11(2)10-15-9-8-12-4-6-13(7-5-12)16(18)19/h4-7,11,15H,3,8-10H2,1-2H3. The molecule has 6 nitrogen and oxygen atoms in total. The van der Waals surface area contributed by atoms with Gasteiger partial charge >= 0.3 is 5.97 Å². The van der Waals surface area contributed by atoms with Gasteiger partial charge in [0.05, 0.1) is 17.4 Å². The highest BCUT2D eigenvalue weighted by atomic mass is 16.6. The van der Waals surface area contributed by atoms with E-state index in [1.807, 2.05) is 6.92 Å². The number of carbonyl (C=O) groups excluding carboxylic acids is 1. The van der Waals surface area contributed by atoms with Gasteiger partial charge in [-0.25, -0.2) is 0 Å². The van der Waals surface area contributed by atoms with Crippen LogP contribution < -0.4 is 5.32 Å². The Morgan fingerprint density at radius 2 is 2.05 bits per heavy atom. The number of esters is 1.